The molecule has 1 fully saturated rings. The highest BCUT2D eigenvalue weighted by molar-refractivity contribution is 5.06. The third kappa shape index (κ3) is 1.23. The molecule has 2 rings (SSSR count). The second-order valence-corrected chi connectivity index (χ2v) is 3.28. The average Bonchev–Trinajstić information content (AvgIpc) is 2.31. The minimum absolute atomic E-state index is 0.347. The van der Waals surface area contributed by atoms with Crippen LogP contribution in [-0.2, 0) is 7.05 Å². The lowest BCUT2D eigenvalue weighted by Crippen LogP contribution is -2.45. The molecule has 1 aliphatic rings. The standard InChI is InChI=1S/C8H13N3O/c1-11-3-2-7(10-11)8(12)6-4-9-5-6/h2-3,6,8-9,12H,4-5H2,1H3. The highest BCUT2D eigenvalue weighted by Gasteiger charge is 2.27. The fourth-order valence-electron chi connectivity index (χ4n) is 1.37. The van der Waals surface area contributed by atoms with Gasteiger partial charge in [0.1, 0.15) is 6.10 Å². The van der Waals surface area contributed by atoms with E-state index >= 15 is 0 Å². The van der Waals surface area contributed by atoms with Crippen LogP contribution in [0.3, 0.4) is 0 Å². The van der Waals surface area contributed by atoms with E-state index in [1.807, 2.05) is 19.3 Å². The van der Waals surface area contributed by atoms with Crippen LogP contribution in [-0.4, -0.2) is 28.0 Å². The van der Waals surface area contributed by atoms with Gasteiger partial charge in [0.15, 0.2) is 0 Å². The molecule has 1 aromatic rings. The Kier molecular flexibility index (Phi) is 1.86. The van der Waals surface area contributed by atoms with Gasteiger partial charge in [-0.05, 0) is 6.07 Å². The quantitative estimate of drug-likeness (QED) is 0.634. The fourth-order valence-corrected chi connectivity index (χ4v) is 1.37. The Morgan fingerprint density at radius 1 is 1.75 bits per heavy atom. The first kappa shape index (κ1) is 7.76. The molecule has 0 amide bonds. The maximum Gasteiger partial charge on any atom is 0.103 e. The van der Waals surface area contributed by atoms with Gasteiger partial charge < -0.3 is 10.4 Å². The van der Waals surface area contributed by atoms with Gasteiger partial charge in [0, 0.05) is 32.3 Å². The van der Waals surface area contributed by atoms with Gasteiger partial charge in [-0.25, -0.2) is 0 Å². The van der Waals surface area contributed by atoms with Crippen LogP contribution < -0.4 is 5.32 Å². The van der Waals surface area contributed by atoms with E-state index in [9.17, 15) is 5.11 Å². The van der Waals surface area contributed by atoms with Gasteiger partial charge in [-0.2, -0.15) is 5.10 Å². The van der Waals surface area contributed by atoms with Crippen LogP contribution in [0.25, 0.3) is 0 Å². The number of hydrogen-bond acceptors (Lipinski definition) is 3. The van der Waals surface area contributed by atoms with Crippen molar-refractivity contribution in [2.45, 2.75) is 6.10 Å². The van der Waals surface area contributed by atoms with Crippen molar-refractivity contribution in [1.82, 2.24) is 15.1 Å². The van der Waals surface area contributed by atoms with Crippen LogP contribution >= 0.6 is 0 Å². The summed E-state index contributed by atoms with van der Waals surface area (Å²) < 4.78 is 1.71. The van der Waals surface area contributed by atoms with E-state index in [1.165, 1.54) is 0 Å². The minimum atomic E-state index is -0.396. The molecule has 0 aromatic carbocycles. The number of aliphatic hydroxyl groups excluding tert-OH is 1. The second kappa shape index (κ2) is 2.88. The van der Waals surface area contributed by atoms with Crippen LogP contribution in [0.4, 0.5) is 0 Å². The zero-order chi connectivity index (χ0) is 8.55. The van der Waals surface area contributed by atoms with E-state index in [0.29, 0.717) is 5.92 Å². The molecule has 66 valence electrons. The first-order valence-corrected chi connectivity index (χ1v) is 4.15. The molecule has 0 spiro atoms. The molecule has 1 aromatic heterocycles. The van der Waals surface area contributed by atoms with Crippen LogP contribution in [0.2, 0.25) is 0 Å². The van der Waals surface area contributed by atoms with E-state index in [2.05, 4.69) is 10.4 Å². The Hall–Kier alpha value is -0.870. The molecule has 0 saturated carbocycles. The molecule has 12 heavy (non-hydrogen) atoms. The summed E-state index contributed by atoms with van der Waals surface area (Å²) in [5, 5.41) is 17.0. The zero-order valence-electron chi connectivity index (χ0n) is 7.07. The molecule has 2 N–H and O–H groups in total. The summed E-state index contributed by atoms with van der Waals surface area (Å²) in [7, 11) is 1.86. The van der Waals surface area contributed by atoms with Crippen molar-refractivity contribution in [3.05, 3.63) is 18.0 Å². The highest BCUT2D eigenvalue weighted by atomic mass is 16.3. The Bertz CT molecular complexity index is 267. The lowest BCUT2D eigenvalue weighted by molar-refractivity contribution is 0.0726. The predicted octanol–water partition coefficient (Wildman–Crippen LogP) is -0.327. The molecule has 2 heterocycles. The largest absolute Gasteiger partial charge is 0.386 e. The van der Waals surface area contributed by atoms with Gasteiger partial charge in [-0.1, -0.05) is 0 Å². The molecule has 1 atom stereocenters. The van der Waals surface area contributed by atoms with Crippen molar-refractivity contribution >= 4 is 0 Å². The fraction of sp³-hybridized carbons (Fsp3) is 0.625. The summed E-state index contributed by atoms with van der Waals surface area (Å²) in [6.07, 6.45) is 1.46. The minimum Gasteiger partial charge on any atom is -0.386 e. The normalized spacial score (nSPS) is 20.5. The zero-order valence-corrected chi connectivity index (χ0v) is 7.07. The molecule has 4 heteroatoms. The lowest BCUT2D eigenvalue weighted by atomic mass is 9.94. The summed E-state index contributed by atoms with van der Waals surface area (Å²) in [6, 6.07) is 1.86. The summed E-state index contributed by atoms with van der Waals surface area (Å²) in [6.45, 7) is 1.80. The van der Waals surface area contributed by atoms with E-state index in [1.54, 1.807) is 4.68 Å². The Morgan fingerprint density at radius 2 is 2.50 bits per heavy atom. The van der Waals surface area contributed by atoms with Gasteiger partial charge in [0.05, 0.1) is 5.69 Å². The van der Waals surface area contributed by atoms with Gasteiger partial charge in [-0.15, -0.1) is 0 Å². The van der Waals surface area contributed by atoms with Crippen molar-refractivity contribution in [1.29, 1.82) is 0 Å². The van der Waals surface area contributed by atoms with Crippen molar-refractivity contribution in [2.24, 2.45) is 13.0 Å². The van der Waals surface area contributed by atoms with Gasteiger partial charge in [-0.3, -0.25) is 4.68 Å². The van der Waals surface area contributed by atoms with Gasteiger partial charge >= 0.3 is 0 Å². The first-order chi connectivity index (χ1) is 5.77. The summed E-state index contributed by atoms with van der Waals surface area (Å²) in [5.74, 6) is 0.347. The molecule has 4 nitrogen and oxygen atoms in total. The van der Waals surface area contributed by atoms with Crippen LogP contribution in [0, 0.1) is 5.92 Å². The van der Waals surface area contributed by atoms with Crippen LogP contribution in [0.15, 0.2) is 12.3 Å². The Morgan fingerprint density at radius 3 is 2.92 bits per heavy atom. The third-order valence-electron chi connectivity index (χ3n) is 2.30. The molecular weight excluding hydrogens is 154 g/mol. The van der Waals surface area contributed by atoms with E-state index < -0.39 is 6.10 Å². The van der Waals surface area contributed by atoms with Gasteiger partial charge in [0.25, 0.3) is 0 Å². The first-order valence-electron chi connectivity index (χ1n) is 4.15. The number of nitrogens with zero attached hydrogens (tertiary/aromatic N) is 2. The molecule has 0 aliphatic carbocycles. The van der Waals surface area contributed by atoms with E-state index in [0.717, 1.165) is 18.8 Å². The summed E-state index contributed by atoms with van der Waals surface area (Å²) in [4.78, 5) is 0. The number of aliphatic hydroxyl groups is 1. The Labute approximate surface area is 71.2 Å². The maximum absolute atomic E-state index is 9.74. The Balaban J connectivity index is 2.08. The summed E-state index contributed by atoms with van der Waals surface area (Å²) >= 11 is 0. The van der Waals surface area contributed by atoms with Crippen LogP contribution in [0.5, 0.6) is 0 Å². The maximum atomic E-state index is 9.74. The number of aromatic nitrogens is 2. The topological polar surface area (TPSA) is 50.1 Å². The van der Waals surface area contributed by atoms with Crippen LogP contribution in [0.1, 0.15) is 11.8 Å². The summed E-state index contributed by atoms with van der Waals surface area (Å²) in [5.41, 5.74) is 0.781. The number of aryl methyl sites for hydroxylation is 1. The van der Waals surface area contributed by atoms with Gasteiger partial charge in [0.2, 0.25) is 0 Å². The molecule has 0 bridgehead atoms. The highest BCUT2D eigenvalue weighted by Crippen LogP contribution is 2.22. The van der Waals surface area contributed by atoms with E-state index in [-0.39, 0.29) is 0 Å². The SMILES string of the molecule is Cn1ccc(C(O)C2CNC2)n1. The smallest absolute Gasteiger partial charge is 0.103 e. The molecule has 1 unspecified atom stereocenters. The molecule has 1 aliphatic heterocycles. The van der Waals surface area contributed by atoms with E-state index in [4.69, 9.17) is 0 Å². The van der Waals surface area contributed by atoms with Crippen molar-refractivity contribution in [3.63, 3.8) is 0 Å². The number of nitrogens with one attached hydrogen (secondary N) is 1. The van der Waals surface area contributed by atoms with Crippen molar-refractivity contribution < 1.29 is 5.11 Å². The monoisotopic (exact) mass is 167 g/mol. The molecule has 1 saturated heterocycles. The van der Waals surface area contributed by atoms with Crippen molar-refractivity contribution in [2.75, 3.05) is 13.1 Å². The second-order valence-electron chi connectivity index (χ2n) is 3.28. The number of hydrogen-bond donors (Lipinski definition) is 2. The number of rotatable bonds is 2. The molecule has 0 radical (unpaired) electrons. The average molecular weight is 167 g/mol. The predicted molar refractivity (Wildman–Crippen MR) is 44.5 cm³/mol. The van der Waals surface area contributed by atoms with Crippen molar-refractivity contribution in [3.8, 4) is 0 Å². The lowest BCUT2D eigenvalue weighted by Gasteiger charge is -2.30. The third-order valence-corrected chi connectivity index (χ3v) is 2.30. The molecular formula is C8H13N3O.